The molecule has 4 aliphatic carbocycles. The van der Waals surface area contributed by atoms with E-state index in [0.717, 1.165) is 52.0 Å². The Hall–Kier alpha value is -3.21. The third kappa shape index (κ3) is 5.07. The van der Waals surface area contributed by atoms with Gasteiger partial charge in [0.25, 0.3) is 0 Å². The zero-order valence-electron chi connectivity index (χ0n) is 25.6. The first-order valence-corrected chi connectivity index (χ1v) is 15.9. The van der Waals surface area contributed by atoms with Crippen molar-refractivity contribution < 1.29 is 29.0 Å². The van der Waals surface area contributed by atoms with Gasteiger partial charge in [-0.2, -0.15) is 0 Å². The number of carbonyl (C=O) groups excluding carboxylic acids is 3. The van der Waals surface area contributed by atoms with Gasteiger partial charge in [0.05, 0.1) is 18.6 Å². The van der Waals surface area contributed by atoms with Crippen molar-refractivity contribution in [1.29, 1.82) is 0 Å². The van der Waals surface area contributed by atoms with Gasteiger partial charge in [-0.05, 0) is 90.2 Å². The SMILES string of the molecule is CC(=O)OCC(=O)[C@@]1(C#CCO)CC[C@H]2[C@@H]3CC(C)C4=CC(=O)CCC4=C3C(c3ccc(N4CCOCC4)cc3)C[C@@]21C. The average Bonchev–Trinajstić information content (AvgIpc) is 3.32. The summed E-state index contributed by atoms with van der Waals surface area (Å²) in [5, 5.41) is 9.73. The number of rotatable bonds is 5. The summed E-state index contributed by atoms with van der Waals surface area (Å²) in [6.45, 7) is 8.34. The molecule has 6 rings (SSSR count). The van der Waals surface area contributed by atoms with Crippen LogP contribution in [0.2, 0.25) is 0 Å². The van der Waals surface area contributed by atoms with Gasteiger partial charge in [-0.3, -0.25) is 14.4 Å². The molecule has 43 heavy (non-hydrogen) atoms. The number of nitrogens with zero attached hydrogens (tertiary/aromatic N) is 1. The van der Waals surface area contributed by atoms with Gasteiger partial charge in [-0.15, -0.1) is 0 Å². The minimum Gasteiger partial charge on any atom is -0.458 e. The van der Waals surface area contributed by atoms with E-state index in [4.69, 9.17) is 9.47 Å². The van der Waals surface area contributed by atoms with Gasteiger partial charge in [0.1, 0.15) is 6.61 Å². The third-order valence-corrected chi connectivity index (χ3v) is 11.2. The highest BCUT2D eigenvalue weighted by atomic mass is 16.5. The van der Waals surface area contributed by atoms with Gasteiger partial charge in [-0.1, -0.05) is 43.4 Å². The summed E-state index contributed by atoms with van der Waals surface area (Å²) >= 11 is 0. The molecular weight excluding hydrogens is 542 g/mol. The first-order valence-electron chi connectivity index (χ1n) is 15.9. The number of ether oxygens (including phenoxy) is 2. The van der Waals surface area contributed by atoms with Crippen molar-refractivity contribution in [3.8, 4) is 11.8 Å². The second-order valence-corrected chi connectivity index (χ2v) is 13.3. The molecule has 2 saturated carbocycles. The molecule has 0 amide bonds. The number of carbonyl (C=O) groups is 3. The minimum absolute atomic E-state index is 0.0685. The second kappa shape index (κ2) is 11.7. The molecule has 1 aliphatic heterocycles. The van der Waals surface area contributed by atoms with Crippen LogP contribution in [0.3, 0.4) is 0 Å². The lowest BCUT2D eigenvalue weighted by Crippen LogP contribution is -2.52. The smallest absolute Gasteiger partial charge is 0.303 e. The van der Waals surface area contributed by atoms with Crippen LogP contribution in [0.1, 0.15) is 70.8 Å². The zero-order chi connectivity index (χ0) is 30.4. The van der Waals surface area contributed by atoms with Crippen molar-refractivity contribution in [2.45, 2.75) is 65.2 Å². The Kier molecular flexibility index (Phi) is 8.12. The van der Waals surface area contributed by atoms with Crippen LogP contribution in [0.15, 0.2) is 47.1 Å². The fourth-order valence-corrected chi connectivity index (χ4v) is 9.23. The third-order valence-electron chi connectivity index (χ3n) is 11.2. The Balaban J connectivity index is 1.47. The molecule has 1 heterocycles. The number of fused-ring (bicyclic) bond motifs is 4. The monoisotopic (exact) mass is 585 g/mol. The Bertz CT molecular complexity index is 1420. The zero-order valence-corrected chi connectivity index (χ0v) is 25.6. The lowest BCUT2D eigenvalue weighted by atomic mass is 9.47. The van der Waals surface area contributed by atoms with Crippen LogP contribution >= 0.6 is 0 Å². The number of benzene rings is 1. The molecule has 2 unspecified atom stereocenters. The first kappa shape index (κ1) is 29.8. The second-order valence-electron chi connectivity index (χ2n) is 13.3. The highest BCUT2D eigenvalue weighted by Crippen LogP contribution is 2.70. The number of hydrogen-bond donors (Lipinski definition) is 1. The van der Waals surface area contributed by atoms with Crippen molar-refractivity contribution in [3.05, 3.63) is 52.6 Å². The number of ketones is 2. The van der Waals surface area contributed by atoms with Gasteiger partial charge < -0.3 is 19.5 Å². The molecular formula is C36H43NO6. The van der Waals surface area contributed by atoms with Crippen LogP contribution in [0.25, 0.3) is 0 Å². The lowest BCUT2D eigenvalue weighted by molar-refractivity contribution is -0.150. The molecule has 5 aliphatic rings. The fourth-order valence-electron chi connectivity index (χ4n) is 9.23. The number of anilines is 1. The number of Topliss-reactive ketones (excluding diaryl/α,β-unsaturated/α-hetero) is 1. The van der Waals surface area contributed by atoms with E-state index < -0.39 is 16.8 Å². The van der Waals surface area contributed by atoms with Crippen molar-refractivity contribution in [1.82, 2.24) is 0 Å². The molecule has 7 nitrogen and oxygen atoms in total. The van der Waals surface area contributed by atoms with Gasteiger partial charge in [0, 0.05) is 38.0 Å². The standard InChI is InChI=1S/C36H43NO6/c1-23-19-30-32-11-13-36(12-4-16-38,33(41)22-43-24(2)39)35(32,3)21-31(34(30)28-10-9-27(40)20-29(23)28)25-5-7-26(8-6-25)37-14-17-42-18-15-37/h5-8,20,23,30-32,38H,9-11,13-19,21-22H2,1-3H3/t23?,30-,31?,32-,35-,36+/m0/s1. The summed E-state index contributed by atoms with van der Waals surface area (Å²) in [7, 11) is 0. The van der Waals surface area contributed by atoms with Crippen LogP contribution in [-0.2, 0) is 23.9 Å². The van der Waals surface area contributed by atoms with E-state index in [1.807, 2.05) is 6.08 Å². The van der Waals surface area contributed by atoms with Crippen LogP contribution in [0.5, 0.6) is 0 Å². The molecule has 1 saturated heterocycles. The molecule has 0 spiro atoms. The molecule has 3 fully saturated rings. The first-order chi connectivity index (χ1) is 20.7. The largest absolute Gasteiger partial charge is 0.458 e. The van der Waals surface area contributed by atoms with E-state index in [1.165, 1.54) is 34.9 Å². The number of allylic oxidation sites excluding steroid dienone is 4. The van der Waals surface area contributed by atoms with Crippen LogP contribution in [-0.4, -0.2) is 62.2 Å². The number of hydrogen-bond acceptors (Lipinski definition) is 7. The van der Waals surface area contributed by atoms with E-state index in [2.05, 4.69) is 54.9 Å². The molecule has 228 valence electrons. The van der Waals surface area contributed by atoms with E-state index in [1.54, 1.807) is 0 Å². The van der Waals surface area contributed by atoms with Crippen molar-refractivity contribution in [2.24, 2.45) is 28.6 Å². The number of aliphatic hydroxyl groups excluding tert-OH is 1. The Morgan fingerprint density at radius 1 is 1.16 bits per heavy atom. The highest BCUT2D eigenvalue weighted by Gasteiger charge is 2.66. The van der Waals surface area contributed by atoms with Gasteiger partial charge in [0.2, 0.25) is 0 Å². The summed E-state index contributed by atoms with van der Waals surface area (Å²) in [6, 6.07) is 8.91. The molecule has 1 aromatic rings. The molecule has 1 aromatic carbocycles. The lowest BCUT2D eigenvalue weighted by Gasteiger charge is -2.55. The van der Waals surface area contributed by atoms with Gasteiger partial charge in [-0.25, -0.2) is 0 Å². The molecule has 0 bridgehead atoms. The average molecular weight is 586 g/mol. The van der Waals surface area contributed by atoms with Gasteiger partial charge in [0.15, 0.2) is 18.2 Å². The maximum atomic E-state index is 14.1. The summed E-state index contributed by atoms with van der Waals surface area (Å²) in [5.74, 6) is 6.49. The number of morpholine rings is 1. The van der Waals surface area contributed by atoms with E-state index in [9.17, 15) is 19.5 Å². The van der Waals surface area contributed by atoms with Crippen LogP contribution in [0, 0.1) is 40.4 Å². The van der Waals surface area contributed by atoms with E-state index in [-0.39, 0.29) is 48.5 Å². The number of aliphatic hydroxyl groups is 1. The molecule has 6 atom stereocenters. The van der Waals surface area contributed by atoms with Crippen LogP contribution < -0.4 is 4.90 Å². The number of esters is 1. The van der Waals surface area contributed by atoms with Crippen LogP contribution in [0.4, 0.5) is 5.69 Å². The van der Waals surface area contributed by atoms with Gasteiger partial charge >= 0.3 is 5.97 Å². The summed E-state index contributed by atoms with van der Waals surface area (Å²) in [6.07, 6.45) is 6.30. The Labute approximate surface area is 254 Å². The quantitative estimate of drug-likeness (QED) is 0.393. The van der Waals surface area contributed by atoms with Crippen molar-refractivity contribution in [2.75, 3.05) is 44.4 Å². The maximum Gasteiger partial charge on any atom is 0.303 e. The Morgan fingerprint density at radius 2 is 1.91 bits per heavy atom. The van der Waals surface area contributed by atoms with Crippen molar-refractivity contribution in [3.63, 3.8) is 0 Å². The van der Waals surface area contributed by atoms with E-state index >= 15 is 0 Å². The highest BCUT2D eigenvalue weighted by molar-refractivity contribution is 5.93. The predicted molar refractivity (Wildman–Crippen MR) is 163 cm³/mol. The molecule has 0 radical (unpaired) electrons. The fraction of sp³-hybridized carbons (Fsp3) is 0.583. The summed E-state index contributed by atoms with van der Waals surface area (Å²) in [4.78, 5) is 40.7. The molecule has 7 heteroatoms. The normalized spacial score (nSPS) is 33.4. The van der Waals surface area contributed by atoms with E-state index in [0.29, 0.717) is 12.8 Å². The topological polar surface area (TPSA) is 93.1 Å². The molecule has 0 aromatic heterocycles. The van der Waals surface area contributed by atoms with Crippen molar-refractivity contribution >= 4 is 23.2 Å². The molecule has 1 N–H and O–H groups in total. The predicted octanol–water partition coefficient (Wildman–Crippen LogP) is 4.78. The minimum atomic E-state index is -1.01. The summed E-state index contributed by atoms with van der Waals surface area (Å²) in [5.41, 5.74) is 4.92. The summed E-state index contributed by atoms with van der Waals surface area (Å²) < 4.78 is 10.8. The maximum absolute atomic E-state index is 14.1. The Morgan fingerprint density at radius 3 is 2.60 bits per heavy atom.